The fourth-order valence-corrected chi connectivity index (χ4v) is 2.06. The summed E-state index contributed by atoms with van der Waals surface area (Å²) in [7, 11) is 0. The number of rotatable bonds is 7. The Morgan fingerprint density at radius 1 is 1.20 bits per heavy atom. The summed E-state index contributed by atoms with van der Waals surface area (Å²) in [6.07, 6.45) is 2.07. The average molecular weight is 344 g/mol. The zero-order valence-corrected chi connectivity index (χ0v) is 14.2. The Morgan fingerprint density at radius 3 is 2.36 bits per heavy atom. The molecule has 0 radical (unpaired) electrons. The summed E-state index contributed by atoms with van der Waals surface area (Å²) in [6.45, 7) is 5.31. The van der Waals surface area contributed by atoms with Crippen LogP contribution >= 0.6 is 0 Å². The second-order valence-electron chi connectivity index (χ2n) is 5.51. The maximum atomic E-state index is 11.5. The summed E-state index contributed by atoms with van der Waals surface area (Å²) >= 11 is 0. The van der Waals surface area contributed by atoms with Crippen molar-refractivity contribution in [2.75, 3.05) is 16.0 Å². The van der Waals surface area contributed by atoms with E-state index < -0.39 is 4.92 Å². The molecular formula is C16H20N6O3. The molecule has 1 aromatic carbocycles. The predicted octanol–water partition coefficient (Wildman–Crippen LogP) is 3.30. The monoisotopic (exact) mass is 344 g/mol. The molecule has 0 aliphatic carbocycles. The van der Waals surface area contributed by atoms with E-state index in [-0.39, 0.29) is 29.3 Å². The molecule has 0 saturated heterocycles. The summed E-state index contributed by atoms with van der Waals surface area (Å²) in [5.41, 5.74) is 1.02. The van der Waals surface area contributed by atoms with Gasteiger partial charge in [-0.3, -0.25) is 14.9 Å². The van der Waals surface area contributed by atoms with E-state index in [9.17, 15) is 14.9 Å². The van der Waals surface area contributed by atoms with Crippen molar-refractivity contribution in [3.63, 3.8) is 0 Å². The van der Waals surface area contributed by atoms with Gasteiger partial charge in [0.1, 0.15) is 6.33 Å². The zero-order valence-electron chi connectivity index (χ0n) is 14.2. The molecule has 1 atom stereocenters. The number of benzene rings is 1. The van der Waals surface area contributed by atoms with Crippen LogP contribution in [0.25, 0.3) is 0 Å². The summed E-state index contributed by atoms with van der Waals surface area (Å²) in [6, 6.07) is 6.81. The van der Waals surface area contributed by atoms with Crippen molar-refractivity contribution in [1.82, 2.24) is 9.97 Å². The van der Waals surface area contributed by atoms with Crippen molar-refractivity contribution in [1.29, 1.82) is 0 Å². The Balaban J connectivity index is 2.28. The molecule has 1 amide bonds. The van der Waals surface area contributed by atoms with Gasteiger partial charge in [-0.25, -0.2) is 9.97 Å². The minimum atomic E-state index is -0.515. The van der Waals surface area contributed by atoms with Crippen LogP contribution in [0.15, 0.2) is 30.6 Å². The SMILES string of the molecule is CCC(C)Nc1ncnc(Nc2ccc(NC(C)=O)cc2)c1[N+](=O)[O-]. The van der Waals surface area contributed by atoms with Crippen LogP contribution < -0.4 is 16.0 Å². The maximum Gasteiger partial charge on any atom is 0.353 e. The summed E-state index contributed by atoms with van der Waals surface area (Å²) in [4.78, 5) is 30.0. The Bertz CT molecular complexity index is 763. The van der Waals surface area contributed by atoms with E-state index in [1.54, 1.807) is 24.3 Å². The first-order valence-electron chi connectivity index (χ1n) is 7.81. The molecule has 0 fully saturated rings. The number of anilines is 4. The molecule has 132 valence electrons. The van der Waals surface area contributed by atoms with E-state index >= 15 is 0 Å². The predicted molar refractivity (Wildman–Crippen MR) is 96.1 cm³/mol. The molecule has 2 aromatic rings. The number of hydrogen-bond donors (Lipinski definition) is 3. The minimum Gasteiger partial charge on any atom is -0.362 e. The molecule has 25 heavy (non-hydrogen) atoms. The third-order valence-corrected chi connectivity index (χ3v) is 3.47. The first-order valence-corrected chi connectivity index (χ1v) is 7.81. The van der Waals surface area contributed by atoms with Crippen LogP contribution in [-0.4, -0.2) is 26.8 Å². The molecule has 0 saturated carbocycles. The van der Waals surface area contributed by atoms with Crippen LogP contribution in [0, 0.1) is 10.1 Å². The number of amides is 1. The lowest BCUT2D eigenvalue weighted by atomic mass is 10.2. The fourth-order valence-electron chi connectivity index (χ4n) is 2.06. The Hall–Kier alpha value is -3.23. The second-order valence-corrected chi connectivity index (χ2v) is 5.51. The molecule has 1 heterocycles. The van der Waals surface area contributed by atoms with Crippen LogP contribution in [0.1, 0.15) is 27.2 Å². The summed E-state index contributed by atoms with van der Waals surface area (Å²) < 4.78 is 0. The Kier molecular flexibility index (Phi) is 5.83. The van der Waals surface area contributed by atoms with E-state index in [1.807, 2.05) is 13.8 Å². The smallest absolute Gasteiger partial charge is 0.353 e. The molecule has 0 spiro atoms. The zero-order chi connectivity index (χ0) is 18.4. The van der Waals surface area contributed by atoms with E-state index in [0.717, 1.165) is 6.42 Å². The van der Waals surface area contributed by atoms with Crippen molar-refractivity contribution >= 4 is 34.6 Å². The van der Waals surface area contributed by atoms with E-state index in [2.05, 4.69) is 25.9 Å². The third kappa shape index (κ3) is 4.87. The lowest BCUT2D eigenvalue weighted by molar-refractivity contribution is -0.383. The highest BCUT2D eigenvalue weighted by molar-refractivity contribution is 5.89. The lowest BCUT2D eigenvalue weighted by Gasteiger charge is -2.14. The summed E-state index contributed by atoms with van der Waals surface area (Å²) in [5.74, 6) is 0.0951. The summed E-state index contributed by atoms with van der Waals surface area (Å²) in [5, 5.41) is 20.1. The van der Waals surface area contributed by atoms with E-state index in [0.29, 0.717) is 11.4 Å². The number of aromatic nitrogens is 2. The first kappa shape index (κ1) is 18.1. The van der Waals surface area contributed by atoms with Crippen molar-refractivity contribution in [2.24, 2.45) is 0 Å². The molecule has 0 aliphatic rings. The molecule has 0 aliphatic heterocycles. The van der Waals surface area contributed by atoms with Gasteiger partial charge in [0.2, 0.25) is 17.5 Å². The Labute approximate surface area is 145 Å². The normalized spacial score (nSPS) is 11.5. The van der Waals surface area contributed by atoms with Gasteiger partial charge in [-0.05, 0) is 37.6 Å². The van der Waals surface area contributed by atoms with Gasteiger partial charge in [0.25, 0.3) is 0 Å². The van der Waals surface area contributed by atoms with Crippen molar-refractivity contribution < 1.29 is 9.72 Å². The van der Waals surface area contributed by atoms with Gasteiger partial charge in [0, 0.05) is 24.3 Å². The molecular weight excluding hydrogens is 324 g/mol. The average Bonchev–Trinajstić information content (AvgIpc) is 2.56. The second kappa shape index (κ2) is 8.04. The number of nitrogens with zero attached hydrogens (tertiary/aromatic N) is 3. The number of carbonyl (C=O) groups excluding carboxylic acids is 1. The fraction of sp³-hybridized carbons (Fsp3) is 0.312. The molecule has 9 heteroatoms. The topological polar surface area (TPSA) is 122 Å². The van der Waals surface area contributed by atoms with Crippen LogP contribution in [0.2, 0.25) is 0 Å². The first-order chi connectivity index (χ1) is 11.9. The molecule has 0 bridgehead atoms. The molecule has 1 unspecified atom stereocenters. The highest BCUT2D eigenvalue weighted by Crippen LogP contribution is 2.31. The van der Waals surface area contributed by atoms with E-state index in [4.69, 9.17) is 0 Å². The van der Waals surface area contributed by atoms with Crippen LogP contribution in [0.4, 0.5) is 28.7 Å². The number of hydrogen-bond acceptors (Lipinski definition) is 7. The van der Waals surface area contributed by atoms with Crippen LogP contribution in [-0.2, 0) is 4.79 Å². The number of carbonyl (C=O) groups is 1. The van der Waals surface area contributed by atoms with Gasteiger partial charge in [-0.15, -0.1) is 0 Å². The maximum absolute atomic E-state index is 11.5. The minimum absolute atomic E-state index is 0.0402. The number of nitrogens with one attached hydrogen (secondary N) is 3. The standard InChI is InChI=1S/C16H20N6O3/c1-4-10(2)19-15-14(22(24)25)16(18-9-17-15)21-13-7-5-12(6-8-13)20-11(3)23/h5-10H,4H2,1-3H3,(H,20,23)(H2,17,18,19,21). The molecule has 9 nitrogen and oxygen atoms in total. The van der Waals surface area contributed by atoms with Crippen molar-refractivity contribution in [2.45, 2.75) is 33.2 Å². The molecule has 2 rings (SSSR count). The lowest BCUT2D eigenvalue weighted by Crippen LogP contribution is -2.16. The van der Waals surface area contributed by atoms with Crippen LogP contribution in [0.5, 0.6) is 0 Å². The third-order valence-electron chi connectivity index (χ3n) is 3.47. The van der Waals surface area contributed by atoms with Gasteiger partial charge in [-0.1, -0.05) is 6.92 Å². The van der Waals surface area contributed by atoms with Crippen LogP contribution in [0.3, 0.4) is 0 Å². The molecule has 1 aromatic heterocycles. The quantitative estimate of drug-likeness (QED) is 0.520. The van der Waals surface area contributed by atoms with Gasteiger partial charge >= 0.3 is 5.69 Å². The van der Waals surface area contributed by atoms with E-state index in [1.165, 1.54) is 13.3 Å². The van der Waals surface area contributed by atoms with Gasteiger partial charge in [0.05, 0.1) is 4.92 Å². The van der Waals surface area contributed by atoms with Gasteiger partial charge < -0.3 is 16.0 Å². The van der Waals surface area contributed by atoms with Gasteiger partial charge in [0.15, 0.2) is 0 Å². The molecule has 3 N–H and O–H groups in total. The number of nitro groups is 1. The van der Waals surface area contributed by atoms with Gasteiger partial charge in [-0.2, -0.15) is 0 Å². The Morgan fingerprint density at radius 2 is 1.80 bits per heavy atom. The highest BCUT2D eigenvalue weighted by atomic mass is 16.6. The largest absolute Gasteiger partial charge is 0.362 e. The van der Waals surface area contributed by atoms with Crippen molar-refractivity contribution in [3.05, 3.63) is 40.7 Å². The van der Waals surface area contributed by atoms with Crippen molar-refractivity contribution in [3.8, 4) is 0 Å². The highest BCUT2D eigenvalue weighted by Gasteiger charge is 2.23.